The maximum atomic E-state index is 13.5. The summed E-state index contributed by atoms with van der Waals surface area (Å²) in [5.74, 6) is -0.242. The molecule has 3 fully saturated rings. The molecule has 3 aliphatic heterocycles. The molecular formula is C72H133NO18. The fourth-order valence-electron chi connectivity index (χ4n) is 12.5. The van der Waals surface area contributed by atoms with Crippen LogP contribution in [0.5, 0.6) is 0 Å². The summed E-state index contributed by atoms with van der Waals surface area (Å²) in [7, 11) is 0. The molecule has 19 nitrogen and oxygen atoms in total. The van der Waals surface area contributed by atoms with Crippen molar-refractivity contribution in [2.75, 3.05) is 26.4 Å². The number of hydrogen-bond acceptors (Lipinski definition) is 18. The number of ether oxygens (including phenoxy) is 6. The van der Waals surface area contributed by atoms with Gasteiger partial charge in [-0.25, -0.2) is 0 Å². The van der Waals surface area contributed by atoms with Crippen LogP contribution in [-0.2, 0) is 33.2 Å². The summed E-state index contributed by atoms with van der Waals surface area (Å²) in [4.78, 5) is 13.5. The molecular weight excluding hydrogens is 1170 g/mol. The molecule has 0 aromatic heterocycles. The van der Waals surface area contributed by atoms with Crippen molar-refractivity contribution in [2.24, 2.45) is 0 Å². The Morgan fingerprint density at radius 1 is 0.396 bits per heavy atom. The number of allylic oxidation sites excluding steroid dienone is 6. The van der Waals surface area contributed by atoms with Crippen molar-refractivity contribution >= 4 is 5.91 Å². The minimum absolute atomic E-state index is 0.242. The van der Waals surface area contributed by atoms with Crippen LogP contribution < -0.4 is 5.32 Å². The Balaban J connectivity index is 1.40. The third kappa shape index (κ3) is 35.7. The average Bonchev–Trinajstić information content (AvgIpc) is 0.885. The summed E-state index contributed by atoms with van der Waals surface area (Å²) in [6.45, 7) is 1.82. The molecule has 12 N–H and O–H groups in total. The first-order valence-electron chi connectivity index (χ1n) is 36.7. The van der Waals surface area contributed by atoms with Gasteiger partial charge in [-0.05, 0) is 51.4 Å². The second kappa shape index (κ2) is 54.1. The molecule has 19 heteroatoms. The van der Waals surface area contributed by atoms with E-state index in [0.29, 0.717) is 12.8 Å². The maximum Gasteiger partial charge on any atom is 0.220 e. The lowest BCUT2D eigenvalue weighted by molar-refractivity contribution is -0.379. The molecule has 17 atom stereocenters. The Hall–Kier alpha value is -1.99. The van der Waals surface area contributed by atoms with Crippen molar-refractivity contribution < 1.29 is 89.4 Å². The van der Waals surface area contributed by atoms with Gasteiger partial charge >= 0.3 is 0 Å². The van der Waals surface area contributed by atoms with Crippen molar-refractivity contribution in [3.8, 4) is 0 Å². The summed E-state index contributed by atoms with van der Waals surface area (Å²) in [6.07, 6.45) is 36.4. The number of carbonyl (C=O) groups excluding carboxylic acids is 1. The van der Waals surface area contributed by atoms with Crippen molar-refractivity contribution in [1.82, 2.24) is 5.32 Å². The van der Waals surface area contributed by atoms with E-state index in [9.17, 15) is 61.0 Å². The highest BCUT2D eigenvalue weighted by Gasteiger charge is 2.53. The van der Waals surface area contributed by atoms with E-state index >= 15 is 0 Å². The van der Waals surface area contributed by atoms with Gasteiger partial charge in [-0.3, -0.25) is 4.79 Å². The van der Waals surface area contributed by atoms with Crippen LogP contribution in [0.4, 0.5) is 0 Å². The van der Waals surface area contributed by atoms with E-state index in [2.05, 4.69) is 55.6 Å². The molecule has 0 bridgehead atoms. The van der Waals surface area contributed by atoms with E-state index < -0.39 is 124 Å². The van der Waals surface area contributed by atoms with Crippen LogP contribution in [0.2, 0.25) is 0 Å². The number of rotatable bonds is 57. The number of aliphatic hydroxyl groups is 11. The third-order valence-corrected chi connectivity index (χ3v) is 18.5. The predicted molar refractivity (Wildman–Crippen MR) is 356 cm³/mol. The molecule has 0 aromatic carbocycles. The van der Waals surface area contributed by atoms with Crippen molar-refractivity contribution in [3.05, 3.63) is 36.5 Å². The Morgan fingerprint density at radius 2 is 0.725 bits per heavy atom. The van der Waals surface area contributed by atoms with Crippen LogP contribution in [-0.4, -0.2) is 193 Å². The fraction of sp³-hybridized carbons (Fsp3) is 0.903. The Morgan fingerprint density at radius 3 is 1.13 bits per heavy atom. The molecule has 3 saturated heterocycles. The molecule has 0 spiro atoms. The second-order valence-corrected chi connectivity index (χ2v) is 26.4. The van der Waals surface area contributed by atoms with E-state index in [1.807, 2.05) is 0 Å². The number of hydrogen-bond donors (Lipinski definition) is 12. The van der Waals surface area contributed by atoms with Gasteiger partial charge < -0.3 is 89.9 Å². The topological polar surface area (TPSA) is 307 Å². The predicted octanol–water partition coefficient (Wildman–Crippen LogP) is 10.4. The summed E-state index contributed by atoms with van der Waals surface area (Å²) < 4.78 is 34.5. The molecule has 3 heterocycles. The van der Waals surface area contributed by atoms with Crippen LogP contribution >= 0.6 is 0 Å². The molecule has 17 unspecified atom stereocenters. The zero-order chi connectivity index (χ0) is 66.1. The maximum absolute atomic E-state index is 13.5. The number of nitrogens with one attached hydrogen (secondary N) is 1. The highest BCUT2D eigenvalue weighted by molar-refractivity contribution is 5.76. The number of amides is 1. The van der Waals surface area contributed by atoms with Crippen LogP contribution in [0.3, 0.4) is 0 Å². The summed E-state index contributed by atoms with van der Waals surface area (Å²) in [5.41, 5.74) is 0. The van der Waals surface area contributed by atoms with Crippen molar-refractivity contribution in [2.45, 2.75) is 388 Å². The van der Waals surface area contributed by atoms with E-state index in [-0.39, 0.29) is 18.9 Å². The van der Waals surface area contributed by atoms with Crippen LogP contribution in [0.15, 0.2) is 36.5 Å². The minimum atomic E-state index is -1.97. The fourth-order valence-corrected chi connectivity index (χ4v) is 12.5. The normalized spacial score (nSPS) is 28.0. The molecule has 1 amide bonds. The van der Waals surface area contributed by atoms with Gasteiger partial charge in [0.2, 0.25) is 5.91 Å². The highest BCUT2D eigenvalue weighted by Crippen LogP contribution is 2.33. The Labute approximate surface area is 549 Å². The van der Waals surface area contributed by atoms with Crippen molar-refractivity contribution in [1.29, 1.82) is 0 Å². The van der Waals surface area contributed by atoms with E-state index in [1.54, 1.807) is 0 Å². The largest absolute Gasteiger partial charge is 0.394 e. The lowest BCUT2D eigenvalue weighted by Gasteiger charge is -2.48. The van der Waals surface area contributed by atoms with Gasteiger partial charge in [0, 0.05) is 6.42 Å². The summed E-state index contributed by atoms with van der Waals surface area (Å²) >= 11 is 0. The Kier molecular flexibility index (Phi) is 49.5. The first-order valence-corrected chi connectivity index (χ1v) is 36.7. The lowest BCUT2D eigenvalue weighted by atomic mass is 9.96. The second-order valence-electron chi connectivity index (χ2n) is 26.4. The molecule has 0 saturated carbocycles. The highest BCUT2D eigenvalue weighted by atomic mass is 16.8. The van der Waals surface area contributed by atoms with Gasteiger partial charge in [-0.2, -0.15) is 0 Å². The third-order valence-electron chi connectivity index (χ3n) is 18.5. The zero-order valence-electron chi connectivity index (χ0n) is 56.6. The molecule has 91 heavy (non-hydrogen) atoms. The lowest BCUT2D eigenvalue weighted by Crippen LogP contribution is -2.66. The molecule has 0 aliphatic carbocycles. The van der Waals surface area contributed by atoms with Gasteiger partial charge in [0.25, 0.3) is 0 Å². The molecule has 3 aliphatic rings. The van der Waals surface area contributed by atoms with Crippen molar-refractivity contribution in [3.63, 3.8) is 0 Å². The Bertz CT molecular complexity index is 1790. The molecule has 3 rings (SSSR count). The van der Waals surface area contributed by atoms with E-state index in [1.165, 1.54) is 186 Å². The molecule has 0 aromatic rings. The van der Waals surface area contributed by atoms with Crippen LogP contribution in [0.25, 0.3) is 0 Å². The van der Waals surface area contributed by atoms with Gasteiger partial charge in [0.15, 0.2) is 18.9 Å². The average molecular weight is 1300 g/mol. The number of unbranched alkanes of at least 4 members (excludes halogenated alkanes) is 35. The molecule has 534 valence electrons. The first kappa shape index (κ1) is 83.2. The van der Waals surface area contributed by atoms with E-state index in [4.69, 9.17) is 28.4 Å². The SMILES string of the molecule is CCCCCCC/C=C\C/C=C\C/C=C\CCCCCCCCCCCCCCC(=O)NC(COC1OC(CO)C(OC2OC(CO)C(OC3OC(CO)C(O)C(O)C3O)C(O)C2O)C(O)C1O)C(O)CCCCCCCCCCCCCCCCCCCCC. The van der Waals surface area contributed by atoms with E-state index in [0.717, 1.165) is 64.2 Å². The summed E-state index contributed by atoms with van der Waals surface area (Å²) in [5, 5.41) is 121. The smallest absolute Gasteiger partial charge is 0.220 e. The minimum Gasteiger partial charge on any atom is -0.394 e. The quantitative estimate of drug-likeness (QED) is 0.0199. The van der Waals surface area contributed by atoms with Gasteiger partial charge in [0.05, 0.1) is 38.6 Å². The van der Waals surface area contributed by atoms with Gasteiger partial charge in [-0.1, -0.05) is 262 Å². The van der Waals surface area contributed by atoms with Gasteiger partial charge in [0.1, 0.15) is 73.2 Å². The zero-order valence-corrected chi connectivity index (χ0v) is 56.6. The molecule has 0 radical (unpaired) electrons. The number of carbonyl (C=O) groups is 1. The summed E-state index contributed by atoms with van der Waals surface area (Å²) in [6, 6.07) is -0.889. The standard InChI is InChI=1S/C72H133NO18/c1-3-5-7-9-11-13-15-17-19-21-23-24-25-26-27-28-29-30-32-34-36-38-40-42-44-46-48-50-60(78)73-55(56(77)49-47-45-43-41-39-37-35-33-31-22-20-18-16-14-12-10-8-6-4-2)54-86-70-66(84)63(81)68(58(52-75)88-70)91-72-67(85)64(82)69(59(53-76)89-72)90-71-65(83)62(80)61(79)57(51-74)87-71/h15,17,21,23,25-26,55-59,61-72,74-77,79-85H,3-14,16,18-20,22,24,27-54H2,1-2H3,(H,73,78)/b17-15-,23-21-,26-25-. The monoisotopic (exact) mass is 1300 g/mol. The first-order chi connectivity index (χ1) is 44.3. The number of aliphatic hydroxyl groups excluding tert-OH is 11. The van der Waals surface area contributed by atoms with Crippen LogP contribution in [0.1, 0.15) is 284 Å². The van der Waals surface area contributed by atoms with Crippen LogP contribution in [0, 0.1) is 0 Å². The van der Waals surface area contributed by atoms with Gasteiger partial charge in [-0.15, -0.1) is 0 Å².